The van der Waals surface area contributed by atoms with Crippen molar-refractivity contribution in [2.45, 2.75) is 29.3 Å². The molecule has 0 radical (unpaired) electrons. The molecule has 2 heterocycles. The molecule has 6 heteroatoms. The maximum absolute atomic E-state index is 11.6. The summed E-state index contributed by atoms with van der Waals surface area (Å²) in [6.45, 7) is 4.22. The number of hydrogen-bond donors (Lipinski definition) is 0. The molecule has 0 saturated carbocycles. The maximum Gasteiger partial charge on any atom is 0.587 e. The average molecular weight is 303 g/mol. The van der Waals surface area contributed by atoms with Crippen LogP contribution < -0.4 is 0 Å². The van der Waals surface area contributed by atoms with Gasteiger partial charge in [-0.15, -0.1) is 4.52 Å². The van der Waals surface area contributed by atoms with Gasteiger partial charge < -0.3 is 0 Å². The third-order valence-corrected chi connectivity index (χ3v) is 10.5. The van der Waals surface area contributed by atoms with Gasteiger partial charge >= 0.3 is 7.23 Å². The summed E-state index contributed by atoms with van der Waals surface area (Å²) in [6, 6.07) is 8.55. The largest absolute Gasteiger partial charge is 0.587 e. The van der Waals surface area contributed by atoms with E-state index in [0.717, 1.165) is 0 Å². The van der Waals surface area contributed by atoms with Gasteiger partial charge in [-0.3, -0.25) is 0 Å². The van der Waals surface area contributed by atoms with Crippen molar-refractivity contribution in [2.24, 2.45) is 0 Å². The number of fused-ring (bicyclic) bond motifs is 1. The molecule has 2 fully saturated rings. The second-order valence-corrected chi connectivity index (χ2v) is 10.5. The van der Waals surface area contributed by atoms with Crippen molar-refractivity contribution < 1.29 is 9.09 Å². The van der Waals surface area contributed by atoms with Crippen LogP contribution in [0.1, 0.15) is 23.3 Å². The molecule has 0 bridgehead atoms. The molecule has 2 aliphatic heterocycles. The van der Waals surface area contributed by atoms with Crippen molar-refractivity contribution in [3.8, 4) is 0 Å². The van der Waals surface area contributed by atoms with Gasteiger partial charge in [0.1, 0.15) is 0 Å². The Hall–Kier alpha value is 0.330. The summed E-state index contributed by atoms with van der Waals surface area (Å²) in [4.78, 5) is 0. The van der Waals surface area contributed by atoms with E-state index in [-0.39, 0.29) is 10.2 Å². The van der Waals surface area contributed by atoms with Crippen LogP contribution in [0.15, 0.2) is 24.3 Å². The molecule has 1 aromatic rings. The van der Waals surface area contributed by atoms with Crippen molar-refractivity contribution in [1.82, 2.24) is 0 Å². The molecule has 0 spiro atoms. The fourth-order valence-corrected chi connectivity index (χ4v) is 10.3. The van der Waals surface area contributed by atoms with E-state index in [1.165, 1.54) is 22.5 Å². The lowest BCUT2D eigenvalue weighted by Crippen LogP contribution is -2.27. The van der Waals surface area contributed by atoms with Gasteiger partial charge in [0.05, 0.1) is 5.25 Å². The predicted molar refractivity (Wildman–Crippen MR) is 77.6 cm³/mol. The molecular weight excluding hydrogens is 291 g/mol. The molecule has 2 nitrogen and oxygen atoms in total. The highest BCUT2D eigenvalue weighted by atomic mass is 33.1. The standard InChI is InChI=1S/C11H12O2PS3/c1-7-3-5-8(6-4-7)9-10-11(2,17-15-9)16-14(12)13-10/h3-6,9-10H,1-2H3/q+1/t9-,10-,11?/m0/s1. The quantitative estimate of drug-likeness (QED) is 0.541. The molecule has 2 aliphatic rings. The molecule has 0 N–H and O–H groups in total. The van der Waals surface area contributed by atoms with Gasteiger partial charge in [0, 0.05) is 0 Å². The second-order valence-electron chi connectivity index (χ2n) is 4.37. The van der Waals surface area contributed by atoms with Crippen LogP contribution in [-0.4, -0.2) is 10.2 Å². The van der Waals surface area contributed by atoms with E-state index < -0.39 is 7.23 Å². The minimum absolute atomic E-state index is 0.0498. The van der Waals surface area contributed by atoms with Crippen LogP contribution in [0.4, 0.5) is 0 Å². The summed E-state index contributed by atoms with van der Waals surface area (Å²) < 4.78 is 17.1. The van der Waals surface area contributed by atoms with Crippen LogP contribution in [0.25, 0.3) is 0 Å². The van der Waals surface area contributed by atoms with E-state index in [1.807, 2.05) is 10.8 Å². The molecule has 2 saturated heterocycles. The first kappa shape index (κ1) is 12.4. The highest BCUT2D eigenvalue weighted by Gasteiger charge is 2.64. The van der Waals surface area contributed by atoms with Crippen LogP contribution in [0.2, 0.25) is 0 Å². The van der Waals surface area contributed by atoms with Crippen LogP contribution >= 0.6 is 40.2 Å². The van der Waals surface area contributed by atoms with Gasteiger partial charge in [-0.25, -0.2) is 0 Å². The number of rotatable bonds is 1. The Bertz CT molecular complexity index is 464. The van der Waals surface area contributed by atoms with E-state index in [4.69, 9.17) is 4.52 Å². The Labute approximate surface area is 114 Å². The maximum atomic E-state index is 11.6. The van der Waals surface area contributed by atoms with Crippen LogP contribution in [0, 0.1) is 6.92 Å². The number of benzene rings is 1. The van der Waals surface area contributed by atoms with Gasteiger partial charge in [0.25, 0.3) is 0 Å². The molecular formula is C11H12O2PS3+. The number of hydrogen-bond acceptors (Lipinski definition) is 5. The average Bonchev–Trinajstić information content (AvgIpc) is 2.72. The molecule has 1 aromatic carbocycles. The first-order valence-electron chi connectivity index (χ1n) is 5.33. The zero-order chi connectivity index (χ0) is 12.0. The van der Waals surface area contributed by atoms with Gasteiger partial charge in [-0.1, -0.05) is 51.4 Å². The second kappa shape index (κ2) is 4.46. The third kappa shape index (κ3) is 2.17. The van der Waals surface area contributed by atoms with E-state index >= 15 is 0 Å². The third-order valence-electron chi connectivity index (χ3n) is 2.97. The first-order valence-corrected chi connectivity index (χ1v) is 10.1. The van der Waals surface area contributed by atoms with Crippen molar-refractivity contribution >= 4 is 40.2 Å². The molecule has 0 amide bonds. The molecule has 90 valence electrons. The van der Waals surface area contributed by atoms with Crippen molar-refractivity contribution in [3.05, 3.63) is 35.4 Å². The van der Waals surface area contributed by atoms with Gasteiger partial charge in [0.15, 0.2) is 21.6 Å². The zero-order valence-corrected chi connectivity index (χ0v) is 12.8. The SMILES string of the molecule is Cc1ccc([C@@H]2SSC3(C)S[P+](=O)O[C@@H]23)cc1. The van der Waals surface area contributed by atoms with E-state index in [2.05, 4.69) is 38.1 Å². The topological polar surface area (TPSA) is 26.3 Å². The number of aryl methyl sites for hydroxylation is 1. The Morgan fingerprint density at radius 3 is 2.76 bits per heavy atom. The molecule has 0 aliphatic carbocycles. The molecule has 17 heavy (non-hydrogen) atoms. The van der Waals surface area contributed by atoms with Crippen LogP contribution in [0.5, 0.6) is 0 Å². The fourth-order valence-electron chi connectivity index (χ4n) is 1.99. The van der Waals surface area contributed by atoms with Gasteiger partial charge in [0.2, 0.25) is 0 Å². The predicted octanol–water partition coefficient (Wildman–Crippen LogP) is 4.94. The molecule has 3 rings (SSSR count). The highest BCUT2D eigenvalue weighted by Crippen LogP contribution is 2.74. The normalized spacial score (nSPS) is 38.4. The zero-order valence-electron chi connectivity index (χ0n) is 9.45. The lowest BCUT2D eigenvalue weighted by molar-refractivity contribution is 0.222. The van der Waals surface area contributed by atoms with E-state index in [0.29, 0.717) is 5.25 Å². The Kier molecular flexibility index (Phi) is 3.25. The highest BCUT2D eigenvalue weighted by molar-refractivity contribution is 8.81. The van der Waals surface area contributed by atoms with Crippen molar-refractivity contribution in [1.29, 1.82) is 0 Å². The molecule has 2 unspecified atom stereocenters. The summed E-state index contributed by atoms with van der Waals surface area (Å²) in [7, 11) is 2.10. The molecule has 0 aromatic heterocycles. The first-order chi connectivity index (χ1) is 8.08. The van der Waals surface area contributed by atoms with Crippen LogP contribution in [-0.2, 0) is 9.09 Å². The summed E-state index contributed by atoms with van der Waals surface area (Å²) in [5.41, 5.74) is 2.53. The summed E-state index contributed by atoms with van der Waals surface area (Å²) >= 11 is 1.47. The van der Waals surface area contributed by atoms with Gasteiger partial charge in [-0.05, 0) is 24.0 Å². The van der Waals surface area contributed by atoms with E-state index in [1.54, 1.807) is 10.8 Å². The minimum Gasteiger partial charge on any atom is -0.129 e. The fraction of sp³-hybridized carbons (Fsp3) is 0.455. The van der Waals surface area contributed by atoms with Crippen molar-refractivity contribution in [3.63, 3.8) is 0 Å². The Morgan fingerprint density at radius 1 is 1.35 bits per heavy atom. The monoisotopic (exact) mass is 303 g/mol. The van der Waals surface area contributed by atoms with Gasteiger partial charge in [-0.2, -0.15) is 0 Å². The summed E-state index contributed by atoms with van der Waals surface area (Å²) in [5.74, 6) is 0. The van der Waals surface area contributed by atoms with E-state index in [9.17, 15) is 4.57 Å². The molecule has 4 atom stereocenters. The van der Waals surface area contributed by atoms with Crippen molar-refractivity contribution in [2.75, 3.05) is 0 Å². The Morgan fingerprint density at radius 2 is 2.06 bits per heavy atom. The smallest absolute Gasteiger partial charge is 0.129 e. The summed E-state index contributed by atoms with van der Waals surface area (Å²) in [5, 5.41) is 0.291. The Balaban J connectivity index is 1.90. The van der Waals surface area contributed by atoms with Crippen LogP contribution in [0.3, 0.4) is 0 Å². The minimum atomic E-state index is -1.54. The lowest BCUT2D eigenvalue weighted by atomic mass is 10.0. The lowest BCUT2D eigenvalue weighted by Gasteiger charge is -2.15. The summed E-state index contributed by atoms with van der Waals surface area (Å²) in [6.07, 6.45) is 0.0498.